The predicted molar refractivity (Wildman–Crippen MR) is 80.9 cm³/mol. The monoisotopic (exact) mass is 301 g/mol. The number of carboxylic acids is 1. The van der Waals surface area contributed by atoms with Gasteiger partial charge in [0.1, 0.15) is 17.9 Å². The van der Waals surface area contributed by atoms with Crippen LogP contribution in [0.15, 0.2) is 39.6 Å². The van der Waals surface area contributed by atoms with Gasteiger partial charge in [-0.2, -0.15) is 0 Å². The minimum absolute atomic E-state index is 0.0976. The van der Waals surface area contributed by atoms with Crippen LogP contribution in [-0.4, -0.2) is 12.6 Å². The van der Waals surface area contributed by atoms with Crippen molar-refractivity contribution in [1.29, 1.82) is 0 Å². The van der Waals surface area contributed by atoms with Crippen molar-refractivity contribution in [2.75, 3.05) is 6.61 Å². The molecule has 0 fully saturated rings. The SMILES string of the molecule is C=C(C)COc1ccc2c(C)c(CCC(=O)[O-])c(=O)oc2c1. The van der Waals surface area contributed by atoms with Crippen molar-refractivity contribution >= 4 is 16.9 Å². The fourth-order valence-corrected chi connectivity index (χ4v) is 2.19. The number of benzene rings is 1. The van der Waals surface area contributed by atoms with E-state index in [1.807, 2.05) is 6.92 Å². The zero-order valence-electron chi connectivity index (χ0n) is 12.6. The maximum absolute atomic E-state index is 12.0. The van der Waals surface area contributed by atoms with Gasteiger partial charge in [0.25, 0.3) is 0 Å². The molecule has 5 heteroatoms. The van der Waals surface area contributed by atoms with Crippen molar-refractivity contribution in [3.8, 4) is 5.75 Å². The van der Waals surface area contributed by atoms with E-state index in [9.17, 15) is 14.7 Å². The molecule has 1 heterocycles. The zero-order chi connectivity index (χ0) is 16.3. The van der Waals surface area contributed by atoms with Crippen LogP contribution in [-0.2, 0) is 11.2 Å². The fraction of sp³-hybridized carbons (Fsp3) is 0.294. The van der Waals surface area contributed by atoms with Crippen molar-refractivity contribution in [1.82, 2.24) is 0 Å². The van der Waals surface area contributed by atoms with Crippen molar-refractivity contribution in [3.05, 3.63) is 51.9 Å². The van der Waals surface area contributed by atoms with Crippen LogP contribution in [0.5, 0.6) is 5.75 Å². The molecule has 0 spiro atoms. The lowest BCUT2D eigenvalue weighted by Crippen LogP contribution is -2.24. The Labute approximate surface area is 127 Å². The van der Waals surface area contributed by atoms with Crippen LogP contribution in [0.1, 0.15) is 24.5 Å². The number of carboxylic acid groups (broad SMARTS) is 1. The van der Waals surface area contributed by atoms with Crippen LogP contribution in [0.2, 0.25) is 0 Å². The first kappa shape index (κ1) is 15.8. The number of rotatable bonds is 6. The van der Waals surface area contributed by atoms with E-state index in [1.54, 1.807) is 25.1 Å². The molecule has 0 atom stereocenters. The first-order chi connectivity index (χ1) is 10.4. The molecule has 2 rings (SSSR count). The van der Waals surface area contributed by atoms with Crippen molar-refractivity contribution in [3.63, 3.8) is 0 Å². The number of aryl methyl sites for hydroxylation is 1. The van der Waals surface area contributed by atoms with Gasteiger partial charge >= 0.3 is 5.63 Å². The number of aliphatic carboxylic acids is 1. The van der Waals surface area contributed by atoms with Gasteiger partial charge in [-0.05, 0) is 50.0 Å². The maximum Gasteiger partial charge on any atom is 0.339 e. The van der Waals surface area contributed by atoms with Crippen LogP contribution in [0.4, 0.5) is 0 Å². The summed E-state index contributed by atoms with van der Waals surface area (Å²) in [6, 6.07) is 5.22. The predicted octanol–water partition coefficient (Wildman–Crippen LogP) is 1.74. The first-order valence-electron chi connectivity index (χ1n) is 6.92. The van der Waals surface area contributed by atoms with Crippen LogP contribution >= 0.6 is 0 Å². The van der Waals surface area contributed by atoms with Crippen LogP contribution in [0.25, 0.3) is 11.0 Å². The highest BCUT2D eigenvalue weighted by atomic mass is 16.5. The molecular formula is C17H17O5-. The molecule has 1 aromatic carbocycles. The lowest BCUT2D eigenvalue weighted by atomic mass is 10.0. The lowest BCUT2D eigenvalue weighted by molar-refractivity contribution is -0.305. The van der Waals surface area contributed by atoms with E-state index in [0.29, 0.717) is 23.5 Å². The molecule has 0 aliphatic rings. The molecule has 116 valence electrons. The average Bonchev–Trinajstić information content (AvgIpc) is 2.44. The number of hydrogen-bond acceptors (Lipinski definition) is 5. The third kappa shape index (κ3) is 3.55. The van der Waals surface area contributed by atoms with Gasteiger partial charge in [-0.1, -0.05) is 6.58 Å². The van der Waals surface area contributed by atoms with E-state index in [4.69, 9.17) is 9.15 Å². The van der Waals surface area contributed by atoms with Crippen molar-refractivity contribution < 1.29 is 19.1 Å². The van der Waals surface area contributed by atoms with E-state index in [-0.39, 0.29) is 12.8 Å². The Morgan fingerprint density at radius 1 is 1.41 bits per heavy atom. The topological polar surface area (TPSA) is 79.6 Å². The molecule has 0 N–H and O–H groups in total. The second kappa shape index (κ2) is 6.47. The molecule has 0 amide bonds. The maximum atomic E-state index is 12.0. The molecule has 1 aromatic heterocycles. The Morgan fingerprint density at radius 2 is 2.14 bits per heavy atom. The highest BCUT2D eigenvalue weighted by Gasteiger charge is 2.12. The third-order valence-corrected chi connectivity index (χ3v) is 3.32. The summed E-state index contributed by atoms with van der Waals surface area (Å²) in [5.74, 6) is -0.608. The first-order valence-corrected chi connectivity index (χ1v) is 6.92. The molecule has 0 radical (unpaired) electrons. The summed E-state index contributed by atoms with van der Waals surface area (Å²) in [7, 11) is 0. The quantitative estimate of drug-likeness (QED) is 0.600. The smallest absolute Gasteiger partial charge is 0.339 e. The fourth-order valence-electron chi connectivity index (χ4n) is 2.19. The largest absolute Gasteiger partial charge is 0.550 e. The summed E-state index contributed by atoms with van der Waals surface area (Å²) in [6.07, 6.45) is -0.114. The van der Waals surface area contributed by atoms with E-state index in [2.05, 4.69) is 6.58 Å². The number of fused-ring (bicyclic) bond motifs is 1. The van der Waals surface area contributed by atoms with Gasteiger partial charge in [0.2, 0.25) is 0 Å². The summed E-state index contributed by atoms with van der Waals surface area (Å²) in [5, 5.41) is 11.3. The number of carbonyl (C=O) groups is 1. The third-order valence-electron chi connectivity index (χ3n) is 3.32. The molecule has 0 bridgehead atoms. The minimum Gasteiger partial charge on any atom is -0.550 e. The van der Waals surface area contributed by atoms with Gasteiger partial charge in [0, 0.05) is 23.0 Å². The standard InChI is InChI=1S/C17H18O5/c1-10(2)9-21-12-4-5-13-11(3)14(6-7-16(18)19)17(20)22-15(13)8-12/h4-5,8H,1,6-7,9H2,2-3H3,(H,18,19)/p-1. The highest BCUT2D eigenvalue weighted by molar-refractivity contribution is 5.82. The summed E-state index contributed by atoms with van der Waals surface area (Å²) in [4.78, 5) is 22.6. The number of carbonyl (C=O) groups excluding carboxylic acids is 1. The Kier molecular flexibility index (Phi) is 4.65. The Morgan fingerprint density at radius 3 is 2.77 bits per heavy atom. The molecule has 0 saturated carbocycles. The highest BCUT2D eigenvalue weighted by Crippen LogP contribution is 2.24. The number of hydrogen-bond donors (Lipinski definition) is 0. The van der Waals surface area contributed by atoms with E-state index in [1.165, 1.54) is 0 Å². The van der Waals surface area contributed by atoms with Crippen LogP contribution in [0, 0.1) is 6.92 Å². The van der Waals surface area contributed by atoms with Gasteiger partial charge in [-0.3, -0.25) is 0 Å². The summed E-state index contributed by atoms with van der Waals surface area (Å²) in [5.41, 5.74) is 1.86. The molecular weight excluding hydrogens is 284 g/mol. The second-order valence-corrected chi connectivity index (χ2v) is 5.27. The Balaban J connectivity index is 2.40. The van der Waals surface area contributed by atoms with Gasteiger partial charge in [0.15, 0.2) is 0 Å². The van der Waals surface area contributed by atoms with Crippen molar-refractivity contribution in [2.24, 2.45) is 0 Å². The summed E-state index contributed by atoms with van der Waals surface area (Å²) in [6.45, 7) is 7.77. The van der Waals surface area contributed by atoms with Gasteiger partial charge < -0.3 is 19.1 Å². The molecule has 5 nitrogen and oxygen atoms in total. The normalized spacial score (nSPS) is 10.6. The summed E-state index contributed by atoms with van der Waals surface area (Å²) >= 11 is 0. The average molecular weight is 301 g/mol. The Bertz CT molecular complexity index is 785. The molecule has 0 aliphatic heterocycles. The summed E-state index contributed by atoms with van der Waals surface area (Å²) < 4.78 is 10.8. The Hall–Kier alpha value is -2.56. The van der Waals surface area contributed by atoms with Gasteiger partial charge in [-0.15, -0.1) is 0 Å². The molecule has 22 heavy (non-hydrogen) atoms. The number of ether oxygens (including phenoxy) is 1. The van der Waals surface area contributed by atoms with E-state index in [0.717, 1.165) is 16.5 Å². The van der Waals surface area contributed by atoms with Gasteiger partial charge in [-0.25, -0.2) is 4.79 Å². The molecule has 0 saturated heterocycles. The lowest BCUT2D eigenvalue weighted by Gasteiger charge is -2.10. The van der Waals surface area contributed by atoms with Crippen molar-refractivity contribution in [2.45, 2.75) is 26.7 Å². The van der Waals surface area contributed by atoms with E-state index >= 15 is 0 Å². The van der Waals surface area contributed by atoms with E-state index < -0.39 is 11.6 Å². The second-order valence-electron chi connectivity index (χ2n) is 5.27. The van der Waals surface area contributed by atoms with Gasteiger partial charge in [0.05, 0.1) is 0 Å². The minimum atomic E-state index is -1.19. The molecule has 0 unspecified atom stereocenters. The van der Waals surface area contributed by atoms with Crippen LogP contribution in [0.3, 0.4) is 0 Å². The zero-order valence-corrected chi connectivity index (χ0v) is 12.6. The molecule has 2 aromatic rings. The molecule has 0 aliphatic carbocycles. The van der Waals surface area contributed by atoms with Crippen LogP contribution < -0.4 is 15.5 Å².